The molecule has 11 heavy (non-hydrogen) atoms. The summed E-state index contributed by atoms with van der Waals surface area (Å²) in [7, 11) is 1.78. The van der Waals surface area contributed by atoms with E-state index in [1.165, 1.54) is 0 Å². The van der Waals surface area contributed by atoms with Gasteiger partial charge in [0.15, 0.2) is 0 Å². The van der Waals surface area contributed by atoms with Crippen LogP contribution in [0.3, 0.4) is 0 Å². The van der Waals surface area contributed by atoms with Crippen molar-refractivity contribution in [2.75, 3.05) is 7.05 Å². The van der Waals surface area contributed by atoms with Crippen LogP contribution in [-0.4, -0.2) is 24.4 Å². The number of hydrogen-bond acceptors (Lipinski definition) is 2. The van der Waals surface area contributed by atoms with Crippen LogP contribution in [0.15, 0.2) is 18.5 Å². The number of carbonyl (C=O) groups excluding carboxylic acids is 1. The fourth-order valence-corrected chi connectivity index (χ4v) is 0.958. The van der Waals surface area contributed by atoms with Gasteiger partial charge in [-0.1, -0.05) is 0 Å². The Hall–Kier alpha value is -1.09. The number of nitrogens with one attached hydrogen (secondary N) is 2. The summed E-state index contributed by atoms with van der Waals surface area (Å²) in [6.07, 6.45) is 5.43. The van der Waals surface area contributed by atoms with Gasteiger partial charge in [-0.05, 0) is 25.1 Å². The van der Waals surface area contributed by atoms with Crippen LogP contribution in [0.5, 0.6) is 0 Å². The standard InChI is InChI=1S/C8H12N2O/c1-9-8(6-11)4-7-2-3-10-5-7/h2-3,5-6,8-10H,4H2,1H3. The Balaban J connectivity index is 2.47. The Kier molecular flexibility index (Phi) is 2.86. The zero-order valence-corrected chi connectivity index (χ0v) is 6.50. The van der Waals surface area contributed by atoms with Crippen molar-refractivity contribution in [3.8, 4) is 0 Å². The molecule has 0 saturated carbocycles. The van der Waals surface area contributed by atoms with E-state index < -0.39 is 0 Å². The van der Waals surface area contributed by atoms with Crippen molar-refractivity contribution in [2.45, 2.75) is 12.5 Å². The molecule has 0 aliphatic carbocycles. The summed E-state index contributed by atoms with van der Waals surface area (Å²) in [5, 5.41) is 2.91. The summed E-state index contributed by atoms with van der Waals surface area (Å²) < 4.78 is 0. The molecule has 1 rings (SSSR count). The highest BCUT2D eigenvalue weighted by Crippen LogP contribution is 1.99. The van der Waals surface area contributed by atoms with Gasteiger partial charge in [-0.3, -0.25) is 0 Å². The van der Waals surface area contributed by atoms with Gasteiger partial charge in [-0.2, -0.15) is 0 Å². The molecule has 0 aromatic carbocycles. The maximum Gasteiger partial charge on any atom is 0.137 e. The van der Waals surface area contributed by atoms with Crippen molar-refractivity contribution in [2.24, 2.45) is 0 Å². The summed E-state index contributed by atoms with van der Waals surface area (Å²) in [6, 6.07) is 1.90. The van der Waals surface area contributed by atoms with Gasteiger partial charge in [0.25, 0.3) is 0 Å². The summed E-state index contributed by atoms with van der Waals surface area (Å²) in [4.78, 5) is 13.3. The minimum atomic E-state index is -0.0641. The maximum absolute atomic E-state index is 10.4. The number of aromatic nitrogens is 1. The van der Waals surface area contributed by atoms with E-state index in [2.05, 4.69) is 10.3 Å². The Labute approximate surface area is 65.8 Å². The number of aromatic amines is 1. The van der Waals surface area contributed by atoms with Crippen molar-refractivity contribution in [1.29, 1.82) is 0 Å². The van der Waals surface area contributed by atoms with Crippen molar-refractivity contribution in [3.63, 3.8) is 0 Å². The van der Waals surface area contributed by atoms with E-state index in [-0.39, 0.29) is 6.04 Å². The molecule has 0 radical (unpaired) electrons. The van der Waals surface area contributed by atoms with Crippen molar-refractivity contribution < 1.29 is 4.79 Å². The lowest BCUT2D eigenvalue weighted by molar-refractivity contribution is -0.109. The molecule has 60 valence electrons. The Morgan fingerprint density at radius 3 is 3.09 bits per heavy atom. The zero-order chi connectivity index (χ0) is 8.10. The van der Waals surface area contributed by atoms with E-state index in [9.17, 15) is 4.79 Å². The Morgan fingerprint density at radius 1 is 1.82 bits per heavy atom. The fraction of sp³-hybridized carbons (Fsp3) is 0.375. The number of H-pyrrole nitrogens is 1. The minimum absolute atomic E-state index is 0.0641. The van der Waals surface area contributed by atoms with Crippen LogP contribution in [0.4, 0.5) is 0 Å². The van der Waals surface area contributed by atoms with Gasteiger partial charge in [0.2, 0.25) is 0 Å². The van der Waals surface area contributed by atoms with Gasteiger partial charge >= 0.3 is 0 Å². The molecule has 1 atom stereocenters. The number of hydrogen-bond donors (Lipinski definition) is 2. The SMILES string of the molecule is CNC(C=O)Cc1cc[nH]c1. The first kappa shape index (κ1) is 8.01. The van der Waals surface area contributed by atoms with Crippen LogP contribution in [-0.2, 0) is 11.2 Å². The van der Waals surface area contributed by atoms with Crippen LogP contribution in [0, 0.1) is 0 Å². The number of likely N-dealkylation sites (N-methyl/N-ethyl adjacent to an activating group) is 1. The van der Waals surface area contributed by atoms with Gasteiger partial charge in [0, 0.05) is 12.4 Å². The predicted octanol–water partition coefficient (Wildman–Crippen LogP) is 0.344. The third-order valence-corrected chi connectivity index (χ3v) is 1.65. The predicted molar refractivity (Wildman–Crippen MR) is 43.4 cm³/mol. The molecule has 0 spiro atoms. The second-order valence-corrected chi connectivity index (χ2v) is 2.45. The van der Waals surface area contributed by atoms with Crippen LogP contribution >= 0.6 is 0 Å². The average Bonchev–Trinajstić information content (AvgIpc) is 2.52. The van der Waals surface area contributed by atoms with Gasteiger partial charge in [0.1, 0.15) is 6.29 Å². The summed E-state index contributed by atoms with van der Waals surface area (Å²) in [5.41, 5.74) is 1.15. The zero-order valence-electron chi connectivity index (χ0n) is 6.50. The lowest BCUT2D eigenvalue weighted by atomic mass is 10.1. The van der Waals surface area contributed by atoms with E-state index >= 15 is 0 Å². The van der Waals surface area contributed by atoms with Gasteiger partial charge in [-0.15, -0.1) is 0 Å². The second-order valence-electron chi connectivity index (χ2n) is 2.45. The fourth-order valence-electron chi connectivity index (χ4n) is 0.958. The number of aldehydes is 1. The smallest absolute Gasteiger partial charge is 0.137 e. The lowest BCUT2D eigenvalue weighted by Crippen LogP contribution is -2.28. The molecule has 0 saturated heterocycles. The molecule has 0 fully saturated rings. The van der Waals surface area contributed by atoms with Crippen LogP contribution in [0.2, 0.25) is 0 Å². The van der Waals surface area contributed by atoms with Crippen LogP contribution in [0.1, 0.15) is 5.56 Å². The van der Waals surface area contributed by atoms with E-state index in [0.717, 1.165) is 18.3 Å². The number of carbonyl (C=O) groups is 1. The highest BCUT2D eigenvalue weighted by molar-refractivity contribution is 5.58. The van der Waals surface area contributed by atoms with E-state index in [1.807, 2.05) is 18.5 Å². The first-order valence-electron chi connectivity index (χ1n) is 3.61. The van der Waals surface area contributed by atoms with Gasteiger partial charge in [-0.25, -0.2) is 0 Å². The summed E-state index contributed by atoms with van der Waals surface area (Å²) in [5.74, 6) is 0. The first-order chi connectivity index (χ1) is 5.36. The monoisotopic (exact) mass is 152 g/mol. The quantitative estimate of drug-likeness (QED) is 0.611. The van der Waals surface area contributed by atoms with Gasteiger partial charge < -0.3 is 15.1 Å². The minimum Gasteiger partial charge on any atom is -0.367 e. The van der Waals surface area contributed by atoms with E-state index in [1.54, 1.807) is 7.05 Å². The number of rotatable bonds is 4. The third kappa shape index (κ3) is 2.20. The highest BCUT2D eigenvalue weighted by Gasteiger charge is 2.04. The molecule has 1 aromatic rings. The molecule has 1 heterocycles. The molecule has 2 N–H and O–H groups in total. The molecule has 0 amide bonds. The first-order valence-corrected chi connectivity index (χ1v) is 3.61. The molecule has 0 aliphatic rings. The van der Waals surface area contributed by atoms with Crippen LogP contribution < -0.4 is 5.32 Å². The summed E-state index contributed by atoms with van der Waals surface area (Å²) in [6.45, 7) is 0. The van der Waals surface area contributed by atoms with E-state index in [4.69, 9.17) is 0 Å². The topological polar surface area (TPSA) is 44.9 Å². The second kappa shape index (κ2) is 3.93. The van der Waals surface area contributed by atoms with E-state index in [0.29, 0.717) is 0 Å². The molecular weight excluding hydrogens is 140 g/mol. The van der Waals surface area contributed by atoms with Crippen LogP contribution in [0.25, 0.3) is 0 Å². The van der Waals surface area contributed by atoms with Crippen molar-refractivity contribution in [3.05, 3.63) is 24.0 Å². The largest absolute Gasteiger partial charge is 0.367 e. The maximum atomic E-state index is 10.4. The molecule has 1 unspecified atom stereocenters. The Morgan fingerprint density at radius 2 is 2.64 bits per heavy atom. The average molecular weight is 152 g/mol. The third-order valence-electron chi connectivity index (χ3n) is 1.65. The molecule has 0 aliphatic heterocycles. The lowest BCUT2D eigenvalue weighted by Gasteiger charge is -2.05. The molecule has 3 nitrogen and oxygen atoms in total. The molecule has 1 aromatic heterocycles. The Bertz CT molecular complexity index is 206. The van der Waals surface area contributed by atoms with Crippen molar-refractivity contribution in [1.82, 2.24) is 10.3 Å². The molecular formula is C8H12N2O. The molecule has 3 heteroatoms. The normalized spacial score (nSPS) is 12.8. The highest BCUT2D eigenvalue weighted by atomic mass is 16.1. The summed E-state index contributed by atoms with van der Waals surface area (Å²) >= 11 is 0. The molecule has 0 bridgehead atoms. The van der Waals surface area contributed by atoms with Gasteiger partial charge in [0.05, 0.1) is 6.04 Å². The van der Waals surface area contributed by atoms with Crippen molar-refractivity contribution >= 4 is 6.29 Å².